The van der Waals surface area contributed by atoms with Crippen LogP contribution in [0.15, 0.2) is 4.99 Å². The first kappa shape index (κ1) is 27.9. The van der Waals surface area contributed by atoms with Gasteiger partial charge in [0.1, 0.15) is 18.6 Å². The SMILES string of the molecule is NC(=O)CCC(NC(=O)C(CS)NC(=O)C(N)CCCN=C(N)N)C(=O)NCC(=O)O. The van der Waals surface area contributed by atoms with Crippen LogP contribution in [0.2, 0.25) is 0 Å². The largest absolute Gasteiger partial charge is 0.480 e. The quantitative estimate of drug-likeness (QED) is 0.0493. The summed E-state index contributed by atoms with van der Waals surface area (Å²) in [5, 5.41) is 15.5. The van der Waals surface area contributed by atoms with Gasteiger partial charge in [0.25, 0.3) is 0 Å². The molecular formula is C16H30N8O6S. The fourth-order valence-electron chi connectivity index (χ4n) is 2.24. The molecule has 14 nitrogen and oxygen atoms in total. The van der Waals surface area contributed by atoms with Crippen LogP contribution in [0.4, 0.5) is 0 Å². The lowest BCUT2D eigenvalue weighted by atomic mass is 10.1. The van der Waals surface area contributed by atoms with Crippen molar-refractivity contribution >= 4 is 48.2 Å². The van der Waals surface area contributed by atoms with E-state index in [0.717, 1.165) is 0 Å². The van der Waals surface area contributed by atoms with E-state index in [1.54, 1.807) is 0 Å². The molecule has 0 radical (unpaired) electrons. The summed E-state index contributed by atoms with van der Waals surface area (Å²) in [5.74, 6) is -4.41. The van der Waals surface area contributed by atoms with E-state index in [9.17, 15) is 24.0 Å². The number of hydrogen-bond acceptors (Lipinski definition) is 8. The molecule has 0 rings (SSSR count). The van der Waals surface area contributed by atoms with Crippen molar-refractivity contribution in [3.05, 3.63) is 0 Å². The van der Waals surface area contributed by atoms with Crippen molar-refractivity contribution in [1.29, 1.82) is 0 Å². The molecule has 4 amide bonds. The molecule has 3 atom stereocenters. The van der Waals surface area contributed by atoms with Crippen molar-refractivity contribution < 1.29 is 29.1 Å². The third-order valence-corrected chi connectivity index (χ3v) is 4.21. The van der Waals surface area contributed by atoms with Crippen LogP contribution in [0.5, 0.6) is 0 Å². The topological polar surface area (TPSA) is 258 Å². The average Bonchev–Trinajstić information content (AvgIpc) is 2.69. The van der Waals surface area contributed by atoms with Crippen molar-refractivity contribution in [3.63, 3.8) is 0 Å². The zero-order valence-corrected chi connectivity index (χ0v) is 17.8. The second kappa shape index (κ2) is 14.8. The van der Waals surface area contributed by atoms with Gasteiger partial charge in [-0.2, -0.15) is 12.6 Å². The van der Waals surface area contributed by atoms with Crippen LogP contribution < -0.4 is 38.9 Å². The minimum absolute atomic E-state index is 0.0805. The Morgan fingerprint density at radius 2 is 1.55 bits per heavy atom. The van der Waals surface area contributed by atoms with Crippen molar-refractivity contribution in [2.24, 2.45) is 27.9 Å². The molecule has 0 aliphatic carbocycles. The van der Waals surface area contributed by atoms with Crippen LogP contribution >= 0.6 is 12.6 Å². The fourth-order valence-corrected chi connectivity index (χ4v) is 2.49. The Kier molecular flexibility index (Phi) is 13.4. The van der Waals surface area contributed by atoms with Crippen molar-refractivity contribution in [2.45, 2.75) is 43.8 Å². The number of aliphatic carboxylic acids is 1. The van der Waals surface area contributed by atoms with E-state index in [-0.39, 0.29) is 37.5 Å². The zero-order valence-electron chi connectivity index (χ0n) is 16.9. The van der Waals surface area contributed by atoms with Crippen molar-refractivity contribution in [3.8, 4) is 0 Å². The number of nitrogens with one attached hydrogen (secondary N) is 3. The lowest BCUT2D eigenvalue weighted by Gasteiger charge is -2.23. The van der Waals surface area contributed by atoms with Crippen LogP contribution in [-0.4, -0.2) is 77.6 Å². The number of rotatable bonds is 15. The molecule has 0 aliphatic heterocycles. The molecule has 176 valence electrons. The Morgan fingerprint density at radius 1 is 0.935 bits per heavy atom. The number of carboxylic acids is 1. The van der Waals surface area contributed by atoms with E-state index < -0.39 is 54.3 Å². The predicted molar refractivity (Wildman–Crippen MR) is 115 cm³/mol. The number of thiol groups is 1. The number of aliphatic imine (C=N–C) groups is 1. The van der Waals surface area contributed by atoms with E-state index >= 15 is 0 Å². The maximum atomic E-state index is 12.5. The second-order valence-electron chi connectivity index (χ2n) is 6.48. The monoisotopic (exact) mass is 462 g/mol. The van der Waals surface area contributed by atoms with Gasteiger partial charge in [0.15, 0.2) is 5.96 Å². The Labute approximate surface area is 184 Å². The van der Waals surface area contributed by atoms with E-state index in [1.165, 1.54) is 0 Å². The van der Waals surface area contributed by atoms with Crippen molar-refractivity contribution in [2.75, 3.05) is 18.8 Å². The summed E-state index contributed by atoms with van der Waals surface area (Å²) in [6.45, 7) is -0.393. The second-order valence-corrected chi connectivity index (χ2v) is 6.84. The van der Waals surface area contributed by atoms with Gasteiger partial charge in [-0.15, -0.1) is 0 Å². The highest BCUT2D eigenvalue weighted by Gasteiger charge is 2.27. The summed E-state index contributed by atoms with van der Waals surface area (Å²) in [6, 6.07) is -3.32. The third kappa shape index (κ3) is 13.0. The van der Waals surface area contributed by atoms with Gasteiger partial charge in [-0.25, -0.2) is 0 Å². The molecular weight excluding hydrogens is 432 g/mol. The summed E-state index contributed by atoms with van der Waals surface area (Å²) in [7, 11) is 0. The number of carbonyl (C=O) groups excluding carboxylic acids is 4. The molecule has 0 aliphatic rings. The molecule has 31 heavy (non-hydrogen) atoms. The highest BCUT2D eigenvalue weighted by Crippen LogP contribution is 2.01. The minimum Gasteiger partial charge on any atom is -0.480 e. The van der Waals surface area contributed by atoms with Crippen LogP contribution in [0.1, 0.15) is 25.7 Å². The molecule has 0 fully saturated rings. The molecule has 15 heteroatoms. The van der Waals surface area contributed by atoms with Crippen LogP contribution in [0, 0.1) is 0 Å². The van der Waals surface area contributed by atoms with Gasteiger partial charge in [0.2, 0.25) is 23.6 Å². The first-order chi connectivity index (χ1) is 14.5. The van der Waals surface area contributed by atoms with E-state index in [2.05, 4.69) is 33.6 Å². The maximum absolute atomic E-state index is 12.5. The average molecular weight is 463 g/mol. The van der Waals surface area contributed by atoms with Gasteiger partial charge in [-0.3, -0.25) is 29.0 Å². The number of guanidine groups is 1. The summed E-state index contributed by atoms with van der Waals surface area (Å²) >= 11 is 4.02. The Hall–Kier alpha value is -3.07. The zero-order chi connectivity index (χ0) is 24.0. The van der Waals surface area contributed by atoms with Gasteiger partial charge in [0.05, 0.1) is 6.04 Å². The van der Waals surface area contributed by atoms with Gasteiger partial charge >= 0.3 is 5.97 Å². The summed E-state index contributed by atoms with van der Waals surface area (Å²) in [4.78, 5) is 62.2. The van der Waals surface area contributed by atoms with Gasteiger partial charge < -0.3 is 44.0 Å². The highest BCUT2D eigenvalue weighted by molar-refractivity contribution is 7.80. The minimum atomic E-state index is -1.29. The third-order valence-electron chi connectivity index (χ3n) is 3.85. The molecule has 12 N–H and O–H groups in total. The molecule has 0 aromatic heterocycles. The van der Waals surface area contributed by atoms with Crippen LogP contribution in [0.25, 0.3) is 0 Å². The first-order valence-electron chi connectivity index (χ1n) is 9.28. The first-order valence-corrected chi connectivity index (χ1v) is 9.91. The number of primary amides is 1. The molecule has 0 saturated heterocycles. The molecule has 0 spiro atoms. The maximum Gasteiger partial charge on any atom is 0.322 e. The standard InChI is InChI=1S/C16H30N8O6S/c17-8(2-1-5-21-16(19)20)13(28)24-10(7-31)15(30)23-9(3-4-11(18)25)14(29)22-6-12(26)27/h8-10,31H,1-7,17H2,(H2,18,25)(H,22,29)(H,23,30)(H,24,28)(H,26,27)(H4,19,20,21). The lowest BCUT2D eigenvalue weighted by Crippen LogP contribution is -2.56. The smallest absolute Gasteiger partial charge is 0.322 e. The van der Waals surface area contributed by atoms with Gasteiger partial charge in [-0.1, -0.05) is 0 Å². The molecule has 0 aromatic carbocycles. The number of nitrogens with two attached hydrogens (primary N) is 4. The van der Waals surface area contributed by atoms with Crippen molar-refractivity contribution in [1.82, 2.24) is 16.0 Å². The van der Waals surface area contributed by atoms with E-state index in [1.807, 2.05) is 0 Å². The Morgan fingerprint density at radius 3 is 2.06 bits per heavy atom. The lowest BCUT2D eigenvalue weighted by molar-refractivity contribution is -0.138. The number of carboxylic acid groups (broad SMARTS) is 1. The summed E-state index contributed by atoms with van der Waals surface area (Å²) in [5.41, 5.74) is 21.2. The molecule has 3 unspecified atom stereocenters. The number of hydrogen-bond donors (Lipinski definition) is 9. The predicted octanol–water partition coefficient (Wildman–Crippen LogP) is -4.27. The van der Waals surface area contributed by atoms with E-state index in [0.29, 0.717) is 6.42 Å². The summed E-state index contributed by atoms with van der Waals surface area (Å²) in [6.07, 6.45) is 0.291. The highest BCUT2D eigenvalue weighted by atomic mass is 32.1. The van der Waals surface area contributed by atoms with E-state index in [4.69, 9.17) is 28.0 Å². The van der Waals surface area contributed by atoms with Crippen LogP contribution in [-0.2, 0) is 24.0 Å². The summed E-state index contributed by atoms with van der Waals surface area (Å²) < 4.78 is 0. The van der Waals surface area contributed by atoms with Crippen LogP contribution in [0.3, 0.4) is 0 Å². The molecule has 0 bridgehead atoms. The number of carbonyl (C=O) groups is 5. The fraction of sp³-hybridized carbons (Fsp3) is 0.625. The molecule has 0 saturated carbocycles. The molecule has 0 heterocycles. The Bertz CT molecular complexity index is 685. The van der Waals surface area contributed by atoms with Gasteiger partial charge in [0, 0.05) is 18.7 Å². The van der Waals surface area contributed by atoms with Gasteiger partial charge in [-0.05, 0) is 19.3 Å². The normalized spacial score (nSPS) is 13.2. The number of amides is 4. The number of nitrogens with zero attached hydrogens (tertiary/aromatic N) is 1. The Balaban J connectivity index is 4.91. The molecule has 0 aromatic rings.